The number of anilines is 2. The molecule has 0 atom stereocenters. The van der Waals surface area contributed by atoms with E-state index in [0.717, 1.165) is 23.7 Å². The summed E-state index contributed by atoms with van der Waals surface area (Å²) >= 11 is 1.75. The van der Waals surface area contributed by atoms with Gasteiger partial charge in [0.15, 0.2) is 0 Å². The van der Waals surface area contributed by atoms with Gasteiger partial charge in [0.25, 0.3) is 0 Å². The molecule has 2 N–H and O–H groups in total. The van der Waals surface area contributed by atoms with Gasteiger partial charge < -0.3 is 15.4 Å². The zero-order valence-corrected chi connectivity index (χ0v) is 10.8. The monoisotopic (exact) mass is 248 g/mol. The van der Waals surface area contributed by atoms with Crippen molar-refractivity contribution < 1.29 is 4.74 Å². The number of thiophene rings is 1. The van der Waals surface area contributed by atoms with Crippen LogP contribution >= 0.6 is 11.3 Å². The van der Waals surface area contributed by atoms with E-state index in [2.05, 4.69) is 22.4 Å². The predicted octanol–water partition coefficient (Wildman–Crippen LogP) is 2.98. The van der Waals surface area contributed by atoms with Crippen LogP contribution in [0.2, 0.25) is 0 Å². The SMILES string of the molecule is COc1ccc(N)c(N(C)Cc2cccs2)c1. The van der Waals surface area contributed by atoms with Crippen molar-refractivity contribution in [1.82, 2.24) is 0 Å². The summed E-state index contributed by atoms with van der Waals surface area (Å²) < 4.78 is 5.22. The van der Waals surface area contributed by atoms with Crippen LogP contribution in [0, 0.1) is 0 Å². The highest BCUT2D eigenvalue weighted by Gasteiger charge is 2.08. The number of benzene rings is 1. The molecular formula is C13H16N2OS. The second kappa shape index (κ2) is 5.10. The van der Waals surface area contributed by atoms with Gasteiger partial charge in [-0.3, -0.25) is 0 Å². The summed E-state index contributed by atoms with van der Waals surface area (Å²) in [6.45, 7) is 0.856. The van der Waals surface area contributed by atoms with Crippen molar-refractivity contribution in [2.24, 2.45) is 0 Å². The molecule has 0 aliphatic heterocycles. The fourth-order valence-corrected chi connectivity index (χ4v) is 2.46. The van der Waals surface area contributed by atoms with Crippen molar-refractivity contribution in [3.63, 3.8) is 0 Å². The molecule has 90 valence electrons. The maximum absolute atomic E-state index is 5.98. The first-order valence-corrected chi connectivity index (χ1v) is 6.25. The molecule has 4 heteroatoms. The van der Waals surface area contributed by atoms with Gasteiger partial charge in [0, 0.05) is 18.0 Å². The van der Waals surface area contributed by atoms with E-state index in [9.17, 15) is 0 Å². The Hall–Kier alpha value is -1.68. The van der Waals surface area contributed by atoms with Gasteiger partial charge in [-0.15, -0.1) is 11.3 Å². The van der Waals surface area contributed by atoms with Crippen LogP contribution in [-0.4, -0.2) is 14.2 Å². The van der Waals surface area contributed by atoms with Gasteiger partial charge in [-0.2, -0.15) is 0 Å². The number of hydrogen-bond acceptors (Lipinski definition) is 4. The minimum Gasteiger partial charge on any atom is -0.497 e. The zero-order chi connectivity index (χ0) is 12.3. The van der Waals surface area contributed by atoms with Gasteiger partial charge >= 0.3 is 0 Å². The Morgan fingerprint density at radius 3 is 2.82 bits per heavy atom. The van der Waals surface area contributed by atoms with Crippen LogP contribution in [0.15, 0.2) is 35.7 Å². The Morgan fingerprint density at radius 2 is 2.18 bits per heavy atom. The predicted molar refractivity (Wildman–Crippen MR) is 73.8 cm³/mol. The maximum Gasteiger partial charge on any atom is 0.121 e. The average Bonchev–Trinajstić information content (AvgIpc) is 2.82. The molecular weight excluding hydrogens is 232 g/mol. The fraction of sp³-hybridized carbons (Fsp3) is 0.231. The molecule has 0 aliphatic rings. The number of nitrogen functional groups attached to an aromatic ring is 1. The molecule has 2 rings (SSSR count). The lowest BCUT2D eigenvalue weighted by Crippen LogP contribution is -2.17. The highest BCUT2D eigenvalue weighted by atomic mass is 32.1. The molecule has 17 heavy (non-hydrogen) atoms. The third-order valence-electron chi connectivity index (χ3n) is 2.62. The first-order valence-electron chi connectivity index (χ1n) is 5.37. The molecule has 0 saturated heterocycles. The average molecular weight is 248 g/mol. The smallest absolute Gasteiger partial charge is 0.121 e. The summed E-state index contributed by atoms with van der Waals surface area (Å²) in [6.07, 6.45) is 0. The van der Waals surface area contributed by atoms with Crippen LogP contribution in [0.25, 0.3) is 0 Å². The highest BCUT2D eigenvalue weighted by Crippen LogP contribution is 2.28. The topological polar surface area (TPSA) is 38.5 Å². The Balaban J connectivity index is 2.20. The van der Waals surface area contributed by atoms with E-state index in [1.54, 1.807) is 18.4 Å². The number of nitrogens with zero attached hydrogens (tertiary/aromatic N) is 1. The van der Waals surface area contributed by atoms with E-state index in [-0.39, 0.29) is 0 Å². The molecule has 0 saturated carbocycles. The zero-order valence-electron chi connectivity index (χ0n) is 10.0. The molecule has 0 radical (unpaired) electrons. The number of methoxy groups -OCH3 is 1. The van der Waals surface area contributed by atoms with Gasteiger partial charge in [0.05, 0.1) is 25.0 Å². The van der Waals surface area contributed by atoms with Crippen LogP contribution in [0.3, 0.4) is 0 Å². The summed E-state index contributed by atoms with van der Waals surface area (Å²) in [5, 5.41) is 2.08. The number of hydrogen-bond donors (Lipinski definition) is 1. The quantitative estimate of drug-likeness (QED) is 0.845. The molecule has 0 aliphatic carbocycles. The summed E-state index contributed by atoms with van der Waals surface area (Å²) in [6, 6.07) is 9.89. The summed E-state index contributed by atoms with van der Waals surface area (Å²) in [4.78, 5) is 3.44. The molecule has 0 fully saturated rings. The van der Waals surface area contributed by atoms with Crippen LogP contribution in [0.4, 0.5) is 11.4 Å². The summed E-state index contributed by atoms with van der Waals surface area (Å²) in [5.41, 5.74) is 7.75. The highest BCUT2D eigenvalue weighted by molar-refractivity contribution is 7.09. The number of nitrogens with two attached hydrogens (primary N) is 1. The Bertz CT molecular complexity index is 482. The first kappa shape index (κ1) is 11.8. The van der Waals surface area contributed by atoms with Crippen LogP contribution in [0.1, 0.15) is 4.88 Å². The number of ether oxygens (including phenoxy) is 1. The van der Waals surface area contributed by atoms with E-state index in [0.29, 0.717) is 0 Å². The lowest BCUT2D eigenvalue weighted by molar-refractivity contribution is 0.415. The van der Waals surface area contributed by atoms with E-state index in [1.807, 2.05) is 25.2 Å². The van der Waals surface area contributed by atoms with Crippen LogP contribution < -0.4 is 15.4 Å². The molecule has 0 amide bonds. The molecule has 0 bridgehead atoms. The molecule has 0 spiro atoms. The third-order valence-corrected chi connectivity index (χ3v) is 3.48. The third kappa shape index (κ3) is 2.71. The second-order valence-corrected chi connectivity index (χ2v) is 4.89. The van der Waals surface area contributed by atoms with Crippen molar-refractivity contribution in [3.8, 4) is 5.75 Å². The molecule has 1 aromatic heterocycles. The fourth-order valence-electron chi connectivity index (χ4n) is 1.70. The summed E-state index contributed by atoms with van der Waals surface area (Å²) in [7, 11) is 3.69. The molecule has 1 heterocycles. The van der Waals surface area contributed by atoms with Gasteiger partial charge in [0.1, 0.15) is 5.75 Å². The van der Waals surface area contributed by atoms with E-state index in [4.69, 9.17) is 10.5 Å². The second-order valence-electron chi connectivity index (χ2n) is 3.86. The Labute approximate surface area is 105 Å². The Morgan fingerprint density at radius 1 is 1.35 bits per heavy atom. The van der Waals surface area contributed by atoms with E-state index < -0.39 is 0 Å². The van der Waals surface area contributed by atoms with E-state index >= 15 is 0 Å². The molecule has 1 aromatic carbocycles. The normalized spacial score (nSPS) is 10.2. The van der Waals surface area contributed by atoms with Gasteiger partial charge in [-0.05, 0) is 23.6 Å². The van der Waals surface area contributed by atoms with Gasteiger partial charge in [-0.1, -0.05) is 6.07 Å². The van der Waals surface area contributed by atoms with Crippen molar-refractivity contribution in [1.29, 1.82) is 0 Å². The van der Waals surface area contributed by atoms with Crippen molar-refractivity contribution in [2.75, 3.05) is 24.8 Å². The molecule has 2 aromatic rings. The van der Waals surface area contributed by atoms with Crippen molar-refractivity contribution in [3.05, 3.63) is 40.6 Å². The minimum atomic E-state index is 0.768. The molecule has 0 unspecified atom stereocenters. The maximum atomic E-state index is 5.98. The lowest BCUT2D eigenvalue weighted by atomic mass is 10.2. The first-order chi connectivity index (χ1) is 8.20. The van der Waals surface area contributed by atoms with Crippen LogP contribution in [-0.2, 0) is 6.54 Å². The minimum absolute atomic E-state index is 0.768. The van der Waals surface area contributed by atoms with Crippen molar-refractivity contribution >= 4 is 22.7 Å². The van der Waals surface area contributed by atoms with Crippen molar-refractivity contribution in [2.45, 2.75) is 6.54 Å². The largest absolute Gasteiger partial charge is 0.497 e. The Kier molecular flexibility index (Phi) is 3.54. The van der Waals surface area contributed by atoms with Gasteiger partial charge in [-0.25, -0.2) is 0 Å². The van der Waals surface area contributed by atoms with Gasteiger partial charge in [0.2, 0.25) is 0 Å². The number of rotatable bonds is 4. The lowest BCUT2D eigenvalue weighted by Gasteiger charge is -2.21. The van der Waals surface area contributed by atoms with Crippen LogP contribution in [0.5, 0.6) is 5.75 Å². The molecule has 3 nitrogen and oxygen atoms in total. The standard InChI is InChI=1S/C13H16N2OS/c1-15(9-11-4-3-7-17-11)13-8-10(16-2)5-6-12(13)14/h3-8H,9,14H2,1-2H3. The van der Waals surface area contributed by atoms with E-state index in [1.165, 1.54) is 4.88 Å². The summed E-state index contributed by atoms with van der Waals surface area (Å²) in [5.74, 6) is 0.826.